The molecule has 0 fully saturated rings. The lowest BCUT2D eigenvalue weighted by molar-refractivity contribution is 0.100. The largest absolute Gasteiger partial charge is 0.392 e. The molecule has 0 aromatic heterocycles. The molecule has 0 spiro atoms. The lowest BCUT2D eigenvalue weighted by Crippen LogP contribution is -2.46. The SMILES string of the molecule is CC(O)C(CN)(Cc1cccc(Cl)c1)c1ccccc1. The zero-order valence-electron chi connectivity index (χ0n) is 11.6. The predicted molar refractivity (Wildman–Crippen MR) is 84.0 cm³/mol. The Balaban J connectivity index is 2.43. The highest BCUT2D eigenvalue weighted by Crippen LogP contribution is 2.32. The van der Waals surface area contributed by atoms with Crippen LogP contribution in [0.5, 0.6) is 0 Å². The van der Waals surface area contributed by atoms with E-state index >= 15 is 0 Å². The number of hydrogen-bond donors (Lipinski definition) is 2. The minimum absolute atomic E-state index is 0.376. The van der Waals surface area contributed by atoms with Gasteiger partial charge in [-0.3, -0.25) is 0 Å². The molecule has 0 bridgehead atoms. The molecule has 0 amide bonds. The van der Waals surface area contributed by atoms with Crippen LogP contribution in [-0.2, 0) is 11.8 Å². The van der Waals surface area contributed by atoms with Gasteiger partial charge in [0.2, 0.25) is 0 Å². The van der Waals surface area contributed by atoms with E-state index in [0.29, 0.717) is 18.0 Å². The van der Waals surface area contributed by atoms with E-state index in [2.05, 4.69) is 0 Å². The van der Waals surface area contributed by atoms with E-state index in [0.717, 1.165) is 11.1 Å². The summed E-state index contributed by atoms with van der Waals surface area (Å²) in [4.78, 5) is 0. The monoisotopic (exact) mass is 289 g/mol. The number of aliphatic hydroxyl groups is 1. The molecular formula is C17H20ClNO. The fourth-order valence-electron chi connectivity index (χ4n) is 2.63. The molecule has 2 unspecified atom stereocenters. The van der Waals surface area contributed by atoms with Crippen molar-refractivity contribution in [3.05, 3.63) is 70.7 Å². The number of benzene rings is 2. The number of hydrogen-bond acceptors (Lipinski definition) is 2. The molecule has 3 N–H and O–H groups in total. The van der Waals surface area contributed by atoms with Gasteiger partial charge in [-0.05, 0) is 36.6 Å². The Labute approximate surface area is 125 Å². The first-order valence-corrected chi connectivity index (χ1v) is 7.14. The van der Waals surface area contributed by atoms with E-state index in [1.165, 1.54) is 0 Å². The topological polar surface area (TPSA) is 46.2 Å². The first kappa shape index (κ1) is 15.0. The minimum atomic E-state index is -0.547. The zero-order chi connectivity index (χ0) is 14.6. The molecule has 0 saturated carbocycles. The van der Waals surface area contributed by atoms with Crippen LogP contribution in [0.4, 0.5) is 0 Å². The molecule has 0 saturated heterocycles. The Morgan fingerprint density at radius 3 is 2.40 bits per heavy atom. The second-order valence-corrected chi connectivity index (χ2v) is 5.65. The molecular weight excluding hydrogens is 270 g/mol. The van der Waals surface area contributed by atoms with Crippen molar-refractivity contribution in [2.24, 2.45) is 5.73 Å². The Bertz CT molecular complexity index is 556. The summed E-state index contributed by atoms with van der Waals surface area (Å²) in [6, 6.07) is 17.7. The molecule has 2 aromatic rings. The predicted octanol–water partition coefficient (Wildman–Crippen LogP) is 3.16. The lowest BCUT2D eigenvalue weighted by Gasteiger charge is -2.36. The lowest BCUT2D eigenvalue weighted by atomic mass is 9.72. The number of halogens is 1. The van der Waals surface area contributed by atoms with Crippen molar-refractivity contribution in [3.63, 3.8) is 0 Å². The molecule has 0 radical (unpaired) electrons. The summed E-state index contributed by atoms with van der Waals surface area (Å²) in [5, 5.41) is 11.0. The van der Waals surface area contributed by atoms with Crippen LogP contribution >= 0.6 is 11.6 Å². The van der Waals surface area contributed by atoms with E-state index in [-0.39, 0.29) is 0 Å². The molecule has 2 nitrogen and oxygen atoms in total. The summed E-state index contributed by atoms with van der Waals surface area (Å²) in [6.07, 6.45) is 0.111. The normalized spacial score (nSPS) is 15.6. The van der Waals surface area contributed by atoms with Crippen LogP contribution in [0.1, 0.15) is 18.1 Å². The first-order valence-electron chi connectivity index (χ1n) is 6.76. The van der Waals surface area contributed by atoms with Gasteiger partial charge in [-0.1, -0.05) is 54.1 Å². The molecule has 0 aliphatic carbocycles. The number of rotatable bonds is 5. The highest BCUT2D eigenvalue weighted by molar-refractivity contribution is 6.30. The Kier molecular flexibility index (Phi) is 4.81. The summed E-state index contributed by atoms with van der Waals surface area (Å²) in [5.74, 6) is 0. The average Bonchev–Trinajstić information content (AvgIpc) is 2.45. The van der Waals surface area contributed by atoms with E-state index in [4.69, 9.17) is 17.3 Å². The minimum Gasteiger partial charge on any atom is -0.392 e. The molecule has 0 heterocycles. The maximum absolute atomic E-state index is 10.3. The molecule has 20 heavy (non-hydrogen) atoms. The van der Waals surface area contributed by atoms with E-state index in [1.54, 1.807) is 6.92 Å². The highest BCUT2D eigenvalue weighted by atomic mass is 35.5. The third kappa shape index (κ3) is 3.04. The standard InChI is InChI=1S/C17H20ClNO/c1-13(20)17(12-19,15-7-3-2-4-8-15)11-14-6-5-9-16(18)10-14/h2-10,13,20H,11-12,19H2,1H3. The van der Waals surface area contributed by atoms with Gasteiger partial charge in [0.05, 0.1) is 6.10 Å². The Morgan fingerprint density at radius 1 is 1.15 bits per heavy atom. The van der Waals surface area contributed by atoms with Gasteiger partial charge in [-0.2, -0.15) is 0 Å². The maximum Gasteiger partial charge on any atom is 0.0624 e. The van der Waals surface area contributed by atoms with Crippen LogP contribution in [0.25, 0.3) is 0 Å². The van der Waals surface area contributed by atoms with E-state index in [9.17, 15) is 5.11 Å². The van der Waals surface area contributed by atoms with Crippen molar-refractivity contribution in [3.8, 4) is 0 Å². The van der Waals surface area contributed by atoms with Crippen molar-refractivity contribution in [2.75, 3.05) is 6.54 Å². The Hall–Kier alpha value is -1.35. The zero-order valence-corrected chi connectivity index (χ0v) is 12.3. The van der Waals surface area contributed by atoms with Gasteiger partial charge in [0, 0.05) is 17.0 Å². The third-order valence-electron chi connectivity index (χ3n) is 3.92. The number of aliphatic hydroxyl groups excluding tert-OH is 1. The highest BCUT2D eigenvalue weighted by Gasteiger charge is 2.36. The summed E-state index contributed by atoms with van der Waals surface area (Å²) in [7, 11) is 0. The quantitative estimate of drug-likeness (QED) is 0.888. The van der Waals surface area contributed by atoms with Crippen LogP contribution in [0.15, 0.2) is 54.6 Å². The van der Waals surface area contributed by atoms with E-state index < -0.39 is 11.5 Å². The van der Waals surface area contributed by atoms with Gasteiger partial charge in [0.1, 0.15) is 0 Å². The van der Waals surface area contributed by atoms with Crippen molar-refractivity contribution in [1.29, 1.82) is 0 Å². The molecule has 106 valence electrons. The van der Waals surface area contributed by atoms with Gasteiger partial charge >= 0.3 is 0 Å². The molecule has 3 heteroatoms. The van der Waals surface area contributed by atoms with Crippen molar-refractivity contribution < 1.29 is 5.11 Å². The summed E-state index contributed by atoms with van der Waals surface area (Å²) < 4.78 is 0. The van der Waals surface area contributed by atoms with E-state index in [1.807, 2.05) is 54.6 Å². The van der Waals surface area contributed by atoms with Gasteiger partial charge in [-0.15, -0.1) is 0 Å². The molecule has 0 aliphatic rings. The van der Waals surface area contributed by atoms with Crippen LogP contribution in [-0.4, -0.2) is 17.8 Å². The van der Waals surface area contributed by atoms with Crippen molar-refractivity contribution in [1.82, 2.24) is 0 Å². The first-order chi connectivity index (χ1) is 9.58. The van der Waals surface area contributed by atoms with Gasteiger partial charge in [-0.25, -0.2) is 0 Å². The average molecular weight is 290 g/mol. The second-order valence-electron chi connectivity index (χ2n) is 5.21. The van der Waals surface area contributed by atoms with Gasteiger partial charge in [0.25, 0.3) is 0 Å². The van der Waals surface area contributed by atoms with Crippen LogP contribution < -0.4 is 5.73 Å². The van der Waals surface area contributed by atoms with Crippen LogP contribution in [0.2, 0.25) is 5.02 Å². The number of nitrogens with two attached hydrogens (primary N) is 1. The van der Waals surface area contributed by atoms with Crippen LogP contribution in [0.3, 0.4) is 0 Å². The summed E-state index contributed by atoms with van der Waals surface area (Å²) >= 11 is 6.05. The van der Waals surface area contributed by atoms with Crippen LogP contribution in [0, 0.1) is 0 Å². The summed E-state index contributed by atoms with van der Waals surface area (Å²) in [6.45, 7) is 2.17. The van der Waals surface area contributed by atoms with Crippen molar-refractivity contribution in [2.45, 2.75) is 24.9 Å². The fourth-order valence-corrected chi connectivity index (χ4v) is 2.85. The van der Waals surface area contributed by atoms with Gasteiger partial charge in [0.15, 0.2) is 0 Å². The van der Waals surface area contributed by atoms with Gasteiger partial charge < -0.3 is 10.8 Å². The third-order valence-corrected chi connectivity index (χ3v) is 4.16. The maximum atomic E-state index is 10.3. The molecule has 2 atom stereocenters. The second kappa shape index (κ2) is 6.40. The molecule has 2 aromatic carbocycles. The molecule has 0 aliphatic heterocycles. The molecule has 2 rings (SSSR count). The van der Waals surface area contributed by atoms with Crippen molar-refractivity contribution >= 4 is 11.6 Å². The fraction of sp³-hybridized carbons (Fsp3) is 0.294. The summed E-state index contributed by atoms with van der Waals surface area (Å²) in [5.41, 5.74) is 7.67. The Morgan fingerprint density at radius 2 is 1.85 bits per heavy atom. The smallest absolute Gasteiger partial charge is 0.0624 e.